The fourth-order valence-corrected chi connectivity index (χ4v) is 2.23. The minimum atomic E-state index is -0.884. The van der Waals surface area contributed by atoms with Crippen LogP contribution in [0.4, 0.5) is 0 Å². The molecule has 0 heterocycles. The van der Waals surface area contributed by atoms with Crippen LogP contribution in [-0.2, 0) is 0 Å². The van der Waals surface area contributed by atoms with E-state index in [9.17, 15) is 4.79 Å². The summed E-state index contributed by atoms with van der Waals surface area (Å²) in [6.45, 7) is 1.96. The highest BCUT2D eigenvalue weighted by Gasteiger charge is 2.02. The van der Waals surface area contributed by atoms with Gasteiger partial charge in [0.25, 0.3) is 0 Å². The van der Waals surface area contributed by atoms with E-state index in [1.165, 1.54) is 0 Å². The average molecular weight is 323 g/mol. The van der Waals surface area contributed by atoms with Gasteiger partial charge in [0.15, 0.2) is 0 Å². The highest BCUT2D eigenvalue weighted by molar-refractivity contribution is 5.94. The van der Waals surface area contributed by atoms with Crippen LogP contribution in [0.15, 0.2) is 66.7 Å². The number of ether oxygens (including phenoxy) is 1. The Balaban J connectivity index is 0.000000177. The largest absolute Gasteiger partial charge is 0.497 e. The van der Waals surface area contributed by atoms with Gasteiger partial charge in [-0.15, -0.1) is 0 Å². The van der Waals surface area contributed by atoms with Gasteiger partial charge >= 0.3 is 5.97 Å². The van der Waals surface area contributed by atoms with Crippen LogP contribution in [0.25, 0.3) is 10.8 Å². The van der Waals surface area contributed by atoms with Crippen LogP contribution in [0.1, 0.15) is 28.9 Å². The molecule has 0 saturated carbocycles. The van der Waals surface area contributed by atoms with Gasteiger partial charge in [-0.3, -0.25) is 0 Å². The van der Waals surface area contributed by atoms with Gasteiger partial charge in [-0.05, 0) is 47.5 Å². The van der Waals surface area contributed by atoms with Crippen molar-refractivity contribution in [1.29, 1.82) is 0 Å². The Morgan fingerprint density at radius 2 is 1.62 bits per heavy atom. The van der Waals surface area contributed by atoms with Gasteiger partial charge in [-0.2, -0.15) is 0 Å². The van der Waals surface area contributed by atoms with Gasteiger partial charge in [0.1, 0.15) is 5.75 Å². The zero-order chi connectivity index (χ0) is 17.5. The zero-order valence-electron chi connectivity index (χ0n) is 13.8. The Labute approximate surface area is 141 Å². The van der Waals surface area contributed by atoms with Crippen molar-refractivity contribution in [3.8, 4) is 5.75 Å². The molecule has 0 spiro atoms. The molecular weight excluding hydrogens is 302 g/mol. The third-order valence-electron chi connectivity index (χ3n) is 3.64. The molecule has 4 heteroatoms. The van der Waals surface area contributed by atoms with E-state index in [-0.39, 0.29) is 6.04 Å². The van der Waals surface area contributed by atoms with Gasteiger partial charge in [-0.1, -0.05) is 42.5 Å². The summed E-state index contributed by atoms with van der Waals surface area (Å²) in [5, 5.41) is 10.8. The van der Waals surface area contributed by atoms with Crippen molar-refractivity contribution in [3.63, 3.8) is 0 Å². The number of rotatable bonds is 3. The second kappa shape index (κ2) is 8.13. The van der Waals surface area contributed by atoms with E-state index in [1.807, 2.05) is 61.5 Å². The summed E-state index contributed by atoms with van der Waals surface area (Å²) < 4.78 is 5.01. The predicted molar refractivity (Wildman–Crippen MR) is 96.5 cm³/mol. The lowest BCUT2D eigenvalue weighted by atomic mass is 10.1. The minimum Gasteiger partial charge on any atom is -0.497 e. The maximum Gasteiger partial charge on any atom is 0.335 e. The van der Waals surface area contributed by atoms with E-state index < -0.39 is 5.97 Å². The van der Waals surface area contributed by atoms with Crippen molar-refractivity contribution in [1.82, 2.24) is 0 Å². The van der Waals surface area contributed by atoms with Gasteiger partial charge in [-0.25, -0.2) is 4.79 Å². The first-order valence-corrected chi connectivity index (χ1v) is 7.63. The summed E-state index contributed by atoms with van der Waals surface area (Å²) >= 11 is 0. The topological polar surface area (TPSA) is 72.5 Å². The van der Waals surface area contributed by atoms with Crippen LogP contribution >= 0.6 is 0 Å². The van der Waals surface area contributed by atoms with Gasteiger partial charge in [0, 0.05) is 6.04 Å². The Morgan fingerprint density at radius 1 is 1.00 bits per heavy atom. The number of nitrogens with two attached hydrogens (primary N) is 1. The summed E-state index contributed by atoms with van der Waals surface area (Å²) in [6.07, 6.45) is 0. The number of carboxylic acid groups (broad SMARTS) is 1. The monoisotopic (exact) mass is 323 g/mol. The second-order valence-corrected chi connectivity index (χ2v) is 5.43. The predicted octanol–water partition coefficient (Wildman–Crippen LogP) is 4.25. The van der Waals surface area contributed by atoms with Crippen molar-refractivity contribution in [2.24, 2.45) is 5.73 Å². The molecule has 3 aromatic carbocycles. The lowest BCUT2D eigenvalue weighted by Gasteiger charge is -2.05. The molecule has 0 bridgehead atoms. The Morgan fingerprint density at radius 3 is 2.17 bits per heavy atom. The van der Waals surface area contributed by atoms with Gasteiger partial charge in [0.05, 0.1) is 12.7 Å². The second-order valence-electron chi connectivity index (χ2n) is 5.43. The van der Waals surface area contributed by atoms with Crippen LogP contribution in [0.3, 0.4) is 0 Å². The molecule has 1 atom stereocenters. The molecule has 3 aromatic rings. The number of hydrogen-bond donors (Lipinski definition) is 2. The molecule has 24 heavy (non-hydrogen) atoms. The van der Waals surface area contributed by atoms with E-state index in [4.69, 9.17) is 15.6 Å². The van der Waals surface area contributed by atoms with Crippen LogP contribution in [0.2, 0.25) is 0 Å². The van der Waals surface area contributed by atoms with E-state index in [1.54, 1.807) is 19.2 Å². The summed E-state index contributed by atoms with van der Waals surface area (Å²) in [6, 6.07) is 20.7. The smallest absolute Gasteiger partial charge is 0.335 e. The standard InChI is InChI=1S/C11H8O2.C9H13NO/c12-11(13)10-6-5-8-3-1-2-4-9(8)7-10;1-7(10)8-3-5-9(11-2)6-4-8/h1-7H,(H,12,13);3-7H,10H2,1-2H3. The molecular formula is C20H21NO3. The Bertz CT molecular complexity index is 810. The molecule has 3 rings (SSSR count). The quantitative estimate of drug-likeness (QED) is 0.755. The molecule has 3 N–H and O–H groups in total. The van der Waals surface area contributed by atoms with Crippen LogP contribution < -0.4 is 10.5 Å². The van der Waals surface area contributed by atoms with Crippen molar-refractivity contribution in [2.45, 2.75) is 13.0 Å². The molecule has 0 fully saturated rings. The molecule has 0 aliphatic carbocycles. The molecule has 0 aromatic heterocycles. The maximum atomic E-state index is 10.6. The van der Waals surface area contributed by atoms with Gasteiger partial charge < -0.3 is 15.6 Å². The number of benzene rings is 3. The minimum absolute atomic E-state index is 0.0981. The number of fused-ring (bicyclic) bond motifs is 1. The third kappa shape index (κ3) is 4.57. The Kier molecular flexibility index (Phi) is 5.93. The summed E-state index contributed by atoms with van der Waals surface area (Å²) in [5.41, 5.74) is 7.13. The molecule has 1 unspecified atom stereocenters. The lowest BCUT2D eigenvalue weighted by Crippen LogP contribution is -2.04. The lowest BCUT2D eigenvalue weighted by molar-refractivity contribution is 0.0697. The van der Waals surface area contributed by atoms with Crippen LogP contribution in [0.5, 0.6) is 5.75 Å². The van der Waals surface area contributed by atoms with E-state index in [0.29, 0.717) is 5.56 Å². The molecule has 0 aliphatic rings. The third-order valence-corrected chi connectivity index (χ3v) is 3.64. The van der Waals surface area contributed by atoms with Crippen molar-refractivity contribution in [3.05, 3.63) is 77.9 Å². The SMILES string of the molecule is COc1ccc(C(C)N)cc1.O=C(O)c1ccc2ccccc2c1. The van der Waals surface area contributed by atoms with Crippen molar-refractivity contribution < 1.29 is 14.6 Å². The van der Waals surface area contributed by atoms with E-state index in [2.05, 4.69) is 0 Å². The summed E-state index contributed by atoms with van der Waals surface area (Å²) in [5.74, 6) is -0.0137. The van der Waals surface area contributed by atoms with Crippen molar-refractivity contribution in [2.75, 3.05) is 7.11 Å². The first-order chi connectivity index (χ1) is 11.5. The molecule has 0 radical (unpaired) electrons. The zero-order valence-corrected chi connectivity index (χ0v) is 13.8. The van der Waals surface area contributed by atoms with Crippen LogP contribution in [-0.4, -0.2) is 18.2 Å². The van der Waals surface area contributed by atoms with E-state index in [0.717, 1.165) is 22.1 Å². The highest BCUT2D eigenvalue weighted by Crippen LogP contribution is 2.16. The normalized spacial score (nSPS) is 11.3. The molecule has 0 saturated heterocycles. The fourth-order valence-electron chi connectivity index (χ4n) is 2.23. The Hall–Kier alpha value is -2.85. The molecule has 124 valence electrons. The number of carboxylic acids is 1. The number of methoxy groups -OCH3 is 1. The highest BCUT2D eigenvalue weighted by atomic mass is 16.5. The maximum absolute atomic E-state index is 10.6. The first kappa shape index (κ1) is 17.5. The number of hydrogen-bond acceptors (Lipinski definition) is 3. The van der Waals surface area contributed by atoms with E-state index >= 15 is 0 Å². The summed E-state index contributed by atoms with van der Waals surface area (Å²) in [7, 11) is 1.65. The van der Waals surface area contributed by atoms with Crippen molar-refractivity contribution >= 4 is 16.7 Å². The fraction of sp³-hybridized carbons (Fsp3) is 0.150. The number of carbonyl (C=O) groups is 1. The first-order valence-electron chi connectivity index (χ1n) is 7.63. The summed E-state index contributed by atoms with van der Waals surface area (Å²) in [4.78, 5) is 10.6. The van der Waals surface area contributed by atoms with Crippen LogP contribution in [0, 0.1) is 0 Å². The molecule has 0 amide bonds. The number of aromatic carboxylic acids is 1. The van der Waals surface area contributed by atoms with Gasteiger partial charge in [0.2, 0.25) is 0 Å². The average Bonchev–Trinajstić information content (AvgIpc) is 2.61. The molecule has 0 aliphatic heterocycles. The molecule has 4 nitrogen and oxygen atoms in total.